The van der Waals surface area contributed by atoms with Crippen LogP contribution in [0.2, 0.25) is 0 Å². The van der Waals surface area contributed by atoms with Crippen molar-refractivity contribution in [2.75, 3.05) is 49.6 Å². The zero-order valence-electron chi connectivity index (χ0n) is 23.9. The molecule has 0 aromatic heterocycles. The van der Waals surface area contributed by atoms with Crippen molar-refractivity contribution >= 4 is 40.5 Å². The van der Waals surface area contributed by atoms with Crippen LogP contribution < -0.4 is 19.7 Å². The van der Waals surface area contributed by atoms with Gasteiger partial charge in [0.15, 0.2) is 5.11 Å². The summed E-state index contributed by atoms with van der Waals surface area (Å²) in [6.07, 6.45) is 4.26. The summed E-state index contributed by atoms with van der Waals surface area (Å²) in [4.78, 5) is 32.8. The topological polar surface area (TPSA) is 74.3 Å². The van der Waals surface area contributed by atoms with Crippen molar-refractivity contribution in [3.63, 3.8) is 0 Å². The third-order valence-corrected chi connectivity index (χ3v) is 7.88. The standard InChI is InChI=1S/C31H42N4O4S/c1-4-21-39-27-11-7-24(8-12-27)32-29(36)22-28-30(37)35(25-9-13-26(14-10-25)38-5-2)31(40)34(28)18-6-17-33-19-15-23(3)16-20-33/h7-14,23,28H,4-6,15-22H2,1-3H3,(H,32,36). The van der Waals surface area contributed by atoms with Crippen LogP contribution >= 0.6 is 12.2 Å². The molecule has 8 nitrogen and oxygen atoms in total. The van der Waals surface area contributed by atoms with Crippen molar-refractivity contribution in [3.8, 4) is 11.5 Å². The Bertz CT molecular complexity index is 1130. The zero-order chi connectivity index (χ0) is 28.5. The van der Waals surface area contributed by atoms with Gasteiger partial charge in [-0.3, -0.25) is 14.5 Å². The minimum Gasteiger partial charge on any atom is -0.494 e. The van der Waals surface area contributed by atoms with E-state index in [4.69, 9.17) is 21.7 Å². The van der Waals surface area contributed by atoms with Crippen molar-refractivity contribution in [2.24, 2.45) is 5.92 Å². The van der Waals surface area contributed by atoms with Crippen molar-refractivity contribution in [3.05, 3.63) is 48.5 Å². The van der Waals surface area contributed by atoms with E-state index in [2.05, 4.69) is 24.1 Å². The number of rotatable bonds is 13. The number of piperidine rings is 1. The predicted molar refractivity (Wildman–Crippen MR) is 163 cm³/mol. The monoisotopic (exact) mass is 566 g/mol. The normalized spacial score (nSPS) is 18.3. The number of hydrogen-bond acceptors (Lipinski definition) is 6. The maximum absolute atomic E-state index is 13.7. The smallest absolute Gasteiger partial charge is 0.256 e. The lowest BCUT2D eigenvalue weighted by Gasteiger charge is -2.31. The first kappa shape index (κ1) is 29.8. The molecule has 0 saturated carbocycles. The Labute approximate surface area is 243 Å². The Kier molecular flexibility index (Phi) is 10.8. The third kappa shape index (κ3) is 7.73. The SMILES string of the molecule is CCCOc1ccc(NC(=O)CC2C(=O)N(c3ccc(OCC)cc3)C(=S)N2CCCN2CCC(C)CC2)cc1. The lowest BCUT2D eigenvalue weighted by molar-refractivity contribution is -0.124. The summed E-state index contributed by atoms with van der Waals surface area (Å²) in [6.45, 7) is 11.3. The minimum atomic E-state index is -0.660. The largest absolute Gasteiger partial charge is 0.494 e. The molecule has 2 aliphatic heterocycles. The summed E-state index contributed by atoms with van der Waals surface area (Å²) in [7, 11) is 0. The van der Waals surface area contributed by atoms with E-state index in [1.165, 1.54) is 12.8 Å². The van der Waals surface area contributed by atoms with Gasteiger partial charge in [-0.2, -0.15) is 0 Å². The van der Waals surface area contributed by atoms with E-state index in [0.29, 0.717) is 36.2 Å². The molecule has 2 aliphatic rings. The van der Waals surface area contributed by atoms with E-state index >= 15 is 0 Å². The molecule has 40 heavy (non-hydrogen) atoms. The minimum absolute atomic E-state index is 0.0157. The molecule has 0 radical (unpaired) electrons. The van der Waals surface area contributed by atoms with Crippen molar-refractivity contribution in [1.82, 2.24) is 9.80 Å². The number of ether oxygens (including phenoxy) is 2. The fourth-order valence-corrected chi connectivity index (χ4v) is 5.59. The van der Waals surface area contributed by atoms with Crippen LogP contribution in [0, 0.1) is 5.92 Å². The van der Waals surface area contributed by atoms with Gasteiger partial charge in [-0.15, -0.1) is 0 Å². The Balaban J connectivity index is 1.44. The Morgan fingerprint density at radius 2 is 1.62 bits per heavy atom. The number of carbonyl (C=O) groups is 2. The molecule has 0 bridgehead atoms. The average molecular weight is 567 g/mol. The summed E-state index contributed by atoms with van der Waals surface area (Å²) < 4.78 is 11.2. The van der Waals surface area contributed by atoms with Crippen LogP contribution in [-0.2, 0) is 9.59 Å². The van der Waals surface area contributed by atoms with Crippen LogP contribution in [0.25, 0.3) is 0 Å². The first-order valence-corrected chi connectivity index (χ1v) is 14.9. The summed E-state index contributed by atoms with van der Waals surface area (Å²) in [5, 5.41) is 3.38. The van der Waals surface area contributed by atoms with Crippen LogP contribution in [0.1, 0.15) is 52.9 Å². The van der Waals surface area contributed by atoms with Gasteiger partial charge in [0.1, 0.15) is 17.5 Å². The van der Waals surface area contributed by atoms with Gasteiger partial charge in [-0.1, -0.05) is 13.8 Å². The number of carbonyl (C=O) groups excluding carboxylic acids is 2. The van der Waals surface area contributed by atoms with E-state index in [9.17, 15) is 9.59 Å². The van der Waals surface area contributed by atoms with E-state index in [0.717, 1.165) is 49.9 Å². The van der Waals surface area contributed by atoms with Crippen LogP contribution in [0.4, 0.5) is 11.4 Å². The molecule has 0 spiro atoms. The molecule has 1 unspecified atom stereocenters. The van der Waals surface area contributed by atoms with Gasteiger partial charge in [-0.25, -0.2) is 0 Å². The number of benzene rings is 2. The molecule has 4 rings (SSSR count). The molecular formula is C31H42N4O4S. The summed E-state index contributed by atoms with van der Waals surface area (Å²) in [5.41, 5.74) is 1.34. The number of anilines is 2. The van der Waals surface area contributed by atoms with Crippen LogP contribution in [0.5, 0.6) is 11.5 Å². The first-order chi connectivity index (χ1) is 19.4. The van der Waals surface area contributed by atoms with E-state index in [1.807, 2.05) is 60.4 Å². The van der Waals surface area contributed by atoms with Crippen LogP contribution in [0.3, 0.4) is 0 Å². The van der Waals surface area contributed by atoms with Crippen molar-refractivity contribution < 1.29 is 19.1 Å². The van der Waals surface area contributed by atoms with Gasteiger partial charge in [0.25, 0.3) is 5.91 Å². The lowest BCUT2D eigenvalue weighted by atomic mass is 9.99. The number of nitrogens with zero attached hydrogens (tertiary/aromatic N) is 3. The second-order valence-corrected chi connectivity index (χ2v) is 11.0. The van der Waals surface area contributed by atoms with E-state index in [-0.39, 0.29) is 18.2 Å². The van der Waals surface area contributed by atoms with E-state index < -0.39 is 6.04 Å². The molecule has 2 amide bonds. The molecule has 216 valence electrons. The molecular weight excluding hydrogens is 524 g/mol. The summed E-state index contributed by atoms with van der Waals surface area (Å²) in [5.74, 6) is 1.87. The van der Waals surface area contributed by atoms with Gasteiger partial charge in [-0.05, 0) is 119 Å². The molecule has 9 heteroatoms. The highest BCUT2D eigenvalue weighted by Gasteiger charge is 2.44. The second kappa shape index (κ2) is 14.5. The van der Waals surface area contributed by atoms with Crippen molar-refractivity contribution in [1.29, 1.82) is 0 Å². The Hall–Kier alpha value is -3.17. The molecule has 0 aliphatic carbocycles. The van der Waals surface area contributed by atoms with Gasteiger partial charge in [0.05, 0.1) is 25.3 Å². The molecule has 1 N–H and O–H groups in total. The van der Waals surface area contributed by atoms with Gasteiger partial charge in [0, 0.05) is 12.2 Å². The van der Waals surface area contributed by atoms with Gasteiger partial charge in [0.2, 0.25) is 5.91 Å². The molecule has 2 aromatic rings. The molecule has 2 aromatic carbocycles. The quantitative estimate of drug-likeness (QED) is 0.329. The molecule has 2 heterocycles. The van der Waals surface area contributed by atoms with E-state index in [1.54, 1.807) is 4.90 Å². The molecule has 1 atom stereocenters. The van der Waals surface area contributed by atoms with Crippen molar-refractivity contribution in [2.45, 2.75) is 58.9 Å². The number of hydrogen-bond donors (Lipinski definition) is 1. The number of amides is 2. The van der Waals surface area contributed by atoms with Gasteiger partial charge < -0.3 is 24.6 Å². The molecule has 2 saturated heterocycles. The average Bonchev–Trinajstić information content (AvgIpc) is 3.18. The summed E-state index contributed by atoms with van der Waals surface area (Å²) >= 11 is 5.84. The zero-order valence-corrected chi connectivity index (χ0v) is 24.8. The van der Waals surface area contributed by atoms with Crippen LogP contribution in [-0.4, -0.2) is 72.2 Å². The summed E-state index contributed by atoms with van der Waals surface area (Å²) in [6, 6.07) is 14.0. The second-order valence-electron chi connectivity index (χ2n) is 10.6. The highest BCUT2D eigenvalue weighted by atomic mass is 32.1. The fourth-order valence-electron chi connectivity index (χ4n) is 5.18. The molecule has 2 fully saturated rings. The first-order valence-electron chi connectivity index (χ1n) is 14.5. The Morgan fingerprint density at radius 3 is 2.27 bits per heavy atom. The highest BCUT2D eigenvalue weighted by molar-refractivity contribution is 7.80. The number of thiocarbonyl (C=S) groups is 1. The fraction of sp³-hybridized carbons (Fsp3) is 0.516. The van der Waals surface area contributed by atoms with Crippen LogP contribution in [0.15, 0.2) is 48.5 Å². The number of nitrogens with one attached hydrogen (secondary N) is 1. The Morgan fingerprint density at radius 1 is 0.975 bits per heavy atom. The highest BCUT2D eigenvalue weighted by Crippen LogP contribution is 2.29. The maximum atomic E-state index is 13.7. The predicted octanol–water partition coefficient (Wildman–Crippen LogP) is 5.33. The number of likely N-dealkylation sites (tertiary alicyclic amines) is 1. The maximum Gasteiger partial charge on any atom is 0.256 e. The third-order valence-electron chi connectivity index (χ3n) is 7.46. The lowest BCUT2D eigenvalue weighted by Crippen LogP contribution is -2.40. The van der Waals surface area contributed by atoms with Gasteiger partial charge >= 0.3 is 0 Å².